The van der Waals surface area contributed by atoms with Gasteiger partial charge in [0.2, 0.25) is 6.79 Å². The third kappa shape index (κ3) is 3.36. The van der Waals surface area contributed by atoms with E-state index in [1.54, 1.807) is 18.2 Å². The number of ether oxygens (including phenoxy) is 2. The van der Waals surface area contributed by atoms with Crippen molar-refractivity contribution in [1.82, 2.24) is 0 Å². The molecule has 124 valence electrons. The van der Waals surface area contributed by atoms with Gasteiger partial charge < -0.3 is 14.8 Å². The molecule has 0 bridgehead atoms. The second kappa shape index (κ2) is 6.77. The summed E-state index contributed by atoms with van der Waals surface area (Å²) in [6.45, 7) is 0.209. The van der Waals surface area contributed by atoms with E-state index in [0.717, 1.165) is 10.9 Å². The first-order valence-corrected chi connectivity index (χ1v) is 9.14. The fourth-order valence-electron chi connectivity index (χ4n) is 3.06. The minimum absolute atomic E-state index is 0.149. The van der Waals surface area contributed by atoms with E-state index >= 15 is 0 Å². The third-order valence-corrected chi connectivity index (χ3v) is 5.70. The smallest absolute Gasteiger partial charge is 0.255 e. The fraction of sp³-hybridized carbons (Fsp3) is 0.316. The highest BCUT2D eigenvalue weighted by molar-refractivity contribution is 8.00. The molecule has 1 heterocycles. The number of fused-ring (bicyclic) bond motifs is 1. The number of benzene rings is 2. The Balaban J connectivity index is 1.40. The molecular formula is C19H19NO3S. The maximum atomic E-state index is 12.4. The molecule has 1 aliphatic heterocycles. The number of carbonyl (C=O) groups is 1. The van der Waals surface area contributed by atoms with E-state index in [4.69, 9.17) is 9.47 Å². The normalized spacial score (nSPS) is 16.3. The van der Waals surface area contributed by atoms with Gasteiger partial charge in [0, 0.05) is 21.4 Å². The Morgan fingerprint density at radius 2 is 1.75 bits per heavy atom. The lowest BCUT2D eigenvalue weighted by molar-refractivity contribution is 0.102. The maximum Gasteiger partial charge on any atom is 0.255 e. The molecule has 0 spiro atoms. The summed E-state index contributed by atoms with van der Waals surface area (Å²) >= 11 is 1.95. The minimum atomic E-state index is -0.149. The number of anilines is 1. The number of hydrogen-bond donors (Lipinski definition) is 1. The van der Waals surface area contributed by atoms with Crippen LogP contribution in [0.25, 0.3) is 0 Å². The summed E-state index contributed by atoms with van der Waals surface area (Å²) in [4.78, 5) is 13.6. The highest BCUT2D eigenvalue weighted by atomic mass is 32.2. The molecule has 0 unspecified atom stereocenters. The van der Waals surface area contributed by atoms with Gasteiger partial charge >= 0.3 is 0 Å². The lowest BCUT2D eigenvalue weighted by atomic mass is 10.2. The maximum absolute atomic E-state index is 12.4. The zero-order valence-electron chi connectivity index (χ0n) is 13.3. The molecule has 1 fully saturated rings. The Hall–Kier alpha value is -2.14. The third-order valence-electron chi connectivity index (χ3n) is 4.35. The predicted octanol–water partition coefficient (Wildman–Crippen LogP) is 4.70. The van der Waals surface area contributed by atoms with Crippen LogP contribution in [0.5, 0.6) is 11.5 Å². The van der Waals surface area contributed by atoms with Gasteiger partial charge in [-0.15, -0.1) is 11.8 Å². The Bertz CT molecular complexity index is 739. The van der Waals surface area contributed by atoms with Crippen LogP contribution >= 0.6 is 11.8 Å². The van der Waals surface area contributed by atoms with E-state index < -0.39 is 0 Å². The van der Waals surface area contributed by atoms with Crippen molar-refractivity contribution >= 4 is 23.4 Å². The van der Waals surface area contributed by atoms with Gasteiger partial charge in [-0.25, -0.2) is 0 Å². The molecule has 1 N–H and O–H groups in total. The molecule has 2 aliphatic rings. The van der Waals surface area contributed by atoms with Crippen LogP contribution in [0, 0.1) is 0 Å². The van der Waals surface area contributed by atoms with Gasteiger partial charge in [-0.2, -0.15) is 0 Å². The minimum Gasteiger partial charge on any atom is -0.454 e. The van der Waals surface area contributed by atoms with Crippen LogP contribution in [0.3, 0.4) is 0 Å². The van der Waals surface area contributed by atoms with Gasteiger partial charge in [0.25, 0.3) is 5.91 Å². The first-order chi connectivity index (χ1) is 11.8. The Kier molecular flexibility index (Phi) is 4.34. The molecule has 5 heteroatoms. The van der Waals surface area contributed by atoms with E-state index in [-0.39, 0.29) is 12.7 Å². The summed E-state index contributed by atoms with van der Waals surface area (Å²) in [5.41, 5.74) is 1.36. The highest BCUT2D eigenvalue weighted by Crippen LogP contribution is 2.35. The Labute approximate surface area is 145 Å². The summed E-state index contributed by atoms with van der Waals surface area (Å²) in [5, 5.41) is 3.67. The van der Waals surface area contributed by atoms with E-state index in [9.17, 15) is 4.79 Å². The molecule has 1 saturated carbocycles. The lowest BCUT2D eigenvalue weighted by Gasteiger charge is -2.10. The van der Waals surface area contributed by atoms with Gasteiger partial charge in [0.1, 0.15) is 0 Å². The predicted molar refractivity (Wildman–Crippen MR) is 95.1 cm³/mol. The number of hydrogen-bond acceptors (Lipinski definition) is 4. The van der Waals surface area contributed by atoms with Crippen molar-refractivity contribution in [3.63, 3.8) is 0 Å². The highest BCUT2D eigenvalue weighted by Gasteiger charge is 2.17. The quantitative estimate of drug-likeness (QED) is 0.875. The zero-order valence-corrected chi connectivity index (χ0v) is 14.1. The first kappa shape index (κ1) is 15.4. The first-order valence-electron chi connectivity index (χ1n) is 8.26. The van der Waals surface area contributed by atoms with E-state index in [1.165, 1.54) is 30.6 Å². The second-order valence-corrected chi connectivity index (χ2v) is 7.44. The average Bonchev–Trinajstić information content (AvgIpc) is 3.27. The summed E-state index contributed by atoms with van der Waals surface area (Å²) in [6, 6.07) is 13.3. The van der Waals surface area contributed by atoms with Crippen LogP contribution < -0.4 is 14.8 Å². The van der Waals surface area contributed by atoms with E-state index in [1.807, 2.05) is 23.9 Å². The van der Waals surface area contributed by atoms with Crippen LogP contribution in [-0.4, -0.2) is 18.0 Å². The van der Waals surface area contributed by atoms with Gasteiger partial charge in [-0.05, 0) is 55.3 Å². The zero-order chi connectivity index (χ0) is 16.4. The van der Waals surface area contributed by atoms with Crippen molar-refractivity contribution in [3.05, 3.63) is 48.0 Å². The molecule has 4 rings (SSSR count). The van der Waals surface area contributed by atoms with Crippen molar-refractivity contribution in [2.45, 2.75) is 35.8 Å². The Morgan fingerprint density at radius 3 is 2.54 bits per heavy atom. The summed E-state index contributed by atoms with van der Waals surface area (Å²) in [5.74, 6) is 1.15. The van der Waals surface area contributed by atoms with Gasteiger partial charge in [-0.1, -0.05) is 12.8 Å². The molecule has 4 nitrogen and oxygen atoms in total. The number of nitrogens with one attached hydrogen (secondary N) is 1. The molecular weight excluding hydrogens is 322 g/mol. The molecule has 0 aromatic heterocycles. The second-order valence-electron chi connectivity index (χ2n) is 6.07. The van der Waals surface area contributed by atoms with Crippen molar-refractivity contribution in [2.75, 3.05) is 12.1 Å². The summed E-state index contributed by atoms with van der Waals surface area (Å²) < 4.78 is 10.6. The van der Waals surface area contributed by atoms with Crippen molar-refractivity contribution < 1.29 is 14.3 Å². The molecule has 2 aromatic rings. The van der Waals surface area contributed by atoms with Crippen LogP contribution in [0.4, 0.5) is 5.69 Å². The number of carbonyl (C=O) groups excluding carboxylic acids is 1. The molecule has 1 aliphatic carbocycles. The van der Waals surface area contributed by atoms with Gasteiger partial charge in [0.15, 0.2) is 11.5 Å². The van der Waals surface area contributed by atoms with Crippen LogP contribution in [0.2, 0.25) is 0 Å². The van der Waals surface area contributed by atoms with Crippen molar-refractivity contribution in [3.8, 4) is 11.5 Å². The van der Waals surface area contributed by atoms with E-state index in [2.05, 4.69) is 17.4 Å². The van der Waals surface area contributed by atoms with Crippen molar-refractivity contribution in [2.24, 2.45) is 0 Å². The molecule has 0 radical (unpaired) electrons. The van der Waals surface area contributed by atoms with E-state index in [0.29, 0.717) is 17.1 Å². The molecule has 24 heavy (non-hydrogen) atoms. The van der Waals surface area contributed by atoms with Crippen molar-refractivity contribution in [1.29, 1.82) is 0 Å². The standard InChI is InChI=1S/C19H19NO3S/c21-19(13-5-10-17-18(11-13)23-12-22-17)20-14-6-8-16(9-7-14)24-15-3-1-2-4-15/h5-11,15H,1-4,12H2,(H,20,21). The monoisotopic (exact) mass is 341 g/mol. The van der Waals surface area contributed by atoms with Crippen LogP contribution in [-0.2, 0) is 0 Å². The topological polar surface area (TPSA) is 47.6 Å². The lowest BCUT2D eigenvalue weighted by Crippen LogP contribution is -2.11. The summed E-state index contributed by atoms with van der Waals surface area (Å²) in [7, 11) is 0. The van der Waals surface area contributed by atoms with Gasteiger partial charge in [0.05, 0.1) is 0 Å². The fourth-order valence-corrected chi connectivity index (χ4v) is 4.30. The number of rotatable bonds is 4. The Morgan fingerprint density at radius 1 is 1.00 bits per heavy atom. The van der Waals surface area contributed by atoms with Crippen LogP contribution in [0.15, 0.2) is 47.4 Å². The molecule has 1 amide bonds. The molecule has 0 atom stereocenters. The van der Waals surface area contributed by atoms with Crippen LogP contribution in [0.1, 0.15) is 36.0 Å². The molecule has 2 aromatic carbocycles. The number of thioether (sulfide) groups is 1. The number of amides is 1. The largest absolute Gasteiger partial charge is 0.454 e. The summed E-state index contributed by atoms with van der Waals surface area (Å²) in [6.07, 6.45) is 5.32. The SMILES string of the molecule is O=C(Nc1ccc(SC2CCCC2)cc1)c1ccc2c(c1)OCO2. The average molecular weight is 341 g/mol. The molecule has 0 saturated heterocycles. The van der Waals surface area contributed by atoms with Gasteiger partial charge in [-0.3, -0.25) is 4.79 Å².